The Hall–Kier alpha value is -2.96. The Morgan fingerprint density at radius 2 is 1.77 bits per heavy atom. The van der Waals surface area contributed by atoms with E-state index < -0.39 is 84.6 Å². The van der Waals surface area contributed by atoms with Gasteiger partial charge < -0.3 is 50.9 Å². The van der Waals surface area contributed by atoms with Crippen molar-refractivity contribution >= 4 is 69.1 Å². The number of thioether (sulfide) groups is 1. The molecule has 7 atom stereocenters. The Balaban J connectivity index is 1.49. The summed E-state index contributed by atoms with van der Waals surface area (Å²) in [7, 11) is -16.4. The van der Waals surface area contributed by atoms with Gasteiger partial charge in [0.25, 0.3) is 0 Å². The number of aliphatic hydroxyl groups excluding tert-OH is 2. The van der Waals surface area contributed by atoms with Gasteiger partial charge in [-0.3, -0.25) is 32.5 Å². The molecule has 1 aliphatic heterocycles. The zero-order valence-corrected chi connectivity index (χ0v) is 34.5. The third kappa shape index (κ3) is 14.7. The van der Waals surface area contributed by atoms with Crippen LogP contribution in [0.15, 0.2) is 36.5 Å². The molecule has 24 nitrogen and oxygen atoms in total. The number of anilines is 1. The maximum absolute atomic E-state index is 12.7. The van der Waals surface area contributed by atoms with Gasteiger partial charge in [0, 0.05) is 36.3 Å². The van der Waals surface area contributed by atoms with Crippen molar-refractivity contribution in [1.29, 1.82) is 0 Å². The van der Waals surface area contributed by atoms with Gasteiger partial charge in [-0.2, -0.15) is 4.31 Å². The molecule has 3 heterocycles. The molecule has 1 fully saturated rings. The van der Waals surface area contributed by atoms with E-state index in [1.807, 2.05) is 6.92 Å². The molecule has 2 unspecified atom stereocenters. The van der Waals surface area contributed by atoms with Gasteiger partial charge in [0.15, 0.2) is 17.7 Å². The minimum Gasteiger partial charge on any atom is -0.386 e. The highest BCUT2D eigenvalue weighted by molar-refractivity contribution is 8.14. The van der Waals surface area contributed by atoms with Gasteiger partial charge >= 0.3 is 23.5 Å². The van der Waals surface area contributed by atoms with Gasteiger partial charge in [-0.15, -0.1) is 0 Å². The number of phosphoric ester groups is 3. The van der Waals surface area contributed by atoms with E-state index in [1.165, 1.54) is 13.8 Å². The number of carbonyl (C=O) groups excluding carboxylic acids is 3. The number of carbonyl (C=O) groups is 3. The molecule has 0 radical (unpaired) electrons. The molecule has 0 aromatic carbocycles. The highest BCUT2D eigenvalue weighted by Crippen LogP contribution is 2.61. The zero-order chi connectivity index (χ0) is 42.8. The van der Waals surface area contributed by atoms with E-state index in [0.29, 0.717) is 17.7 Å². The molecule has 57 heavy (non-hydrogen) atoms. The van der Waals surface area contributed by atoms with Crippen molar-refractivity contribution in [3.8, 4) is 0 Å². The average molecular weight is 890 g/mol. The summed E-state index contributed by atoms with van der Waals surface area (Å²) >= 11 is 1.04. The smallest absolute Gasteiger partial charge is 0.386 e. The summed E-state index contributed by atoms with van der Waals surface area (Å²) in [4.78, 5) is 88.0. The van der Waals surface area contributed by atoms with Crippen LogP contribution in [-0.2, 0) is 50.7 Å². The number of nitrogens with zero attached hydrogens (tertiary/aromatic N) is 4. The lowest BCUT2D eigenvalue weighted by Gasteiger charge is -2.30. The van der Waals surface area contributed by atoms with Crippen LogP contribution in [0.4, 0.5) is 5.82 Å². The van der Waals surface area contributed by atoms with Crippen LogP contribution in [0.2, 0.25) is 0 Å². The van der Waals surface area contributed by atoms with Crippen LogP contribution < -0.4 is 16.4 Å². The summed E-state index contributed by atoms with van der Waals surface area (Å²) in [5, 5.41) is 26.3. The van der Waals surface area contributed by atoms with E-state index in [1.54, 1.807) is 25.2 Å². The molecule has 2 aromatic rings. The SMILES string of the molecule is C/C=C/C(=C\CC)C(=O)SCCNC(=O)CCNC(=O)[C@H](O)C(C)(C)COP(=O)(O)OP(=O)(O)OC[C@H]1O[C@@H](n2cnc3c(N)ncnc32)[C@H](O)[C@@H]1OP(=O)(O)O. The van der Waals surface area contributed by atoms with Crippen LogP contribution in [0.25, 0.3) is 11.2 Å². The van der Waals surface area contributed by atoms with E-state index in [-0.39, 0.29) is 41.6 Å². The molecule has 10 N–H and O–H groups in total. The number of phosphoric acid groups is 3. The van der Waals surface area contributed by atoms with Gasteiger partial charge in [0.2, 0.25) is 16.9 Å². The number of aromatic nitrogens is 4. The Kier molecular flexibility index (Phi) is 17.7. The predicted octanol–water partition coefficient (Wildman–Crippen LogP) is 0.577. The molecular weight excluding hydrogens is 843 g/mol. The van der Waals surface area contributed by atoms with Crippen molar-refractivity contribution in [3.05, 3.63) is 36.5 Å². The van der Waals surface area contributed by atoms with Crippen LogP contribution in [0.1, 0.15) is 46.8 Å². The summed E-state index contributed by atoms with van der Waals surface area (Å²) in [5.74, 6) is -1.16. The highest BCUT2D eigenvalue weighted by Gasteiger charge is 2.50. The van der Waals surface area contributed by atoms with Crippen LogP contribution in [0, 0.1) is 5.41 Å². The normalized spacial score (nSPS) is 22.0. The summed E-state index contributed by atoms with van der Waals surface area (Å²) in [6, 6.07) is 0. The summed E-state index contributed by atoms with van der Waals surface area (Å²) in [5.41, 5.74) is 4.81. The van der Waals surface area contributed by atoms with Crippen molar-refractivity contribution in [2.45, 2.75) is 71.2 Å². The largest absolute Gasteiger partial charge is 0.481 e. The number of hydrogen-bond donors (Lipinski definition) is 9. The molecule has 0 saturated carbocycles. The van der Waals surface area contributed by atoms with E-state index in [2.05, 4.69) is 34.4 Å². The second-order valence-corrected chi connectivity index (χ2v) is 18.1. The fourth-order valence-electron chi connectivity index (χ4n) is 4.98. The Bertz CT molecular complexity index is 1940. The van der Waals surface area contributed by atoms with E-state index >= 15 is 0 Å². The third-order valence-electron chi connectivity index (χ3n) is 7.74. The van der Waals surface area contributed by atoms with Gasteiger partial charge in [-0.25, -0.2) is 28.6 Å². The topological polar surface area (TPSA) is 364 Å². The number of nitrogen functional groups attached to an aromatic ring is 1. The number of rotatable bonds is 22. The standard InChI is InChI=1S/C29H46N7O17P3S/c1-5-7-17(8-6-2)28(41)57-12-11-31-19(37)9-10-32-26(40)23(39)29(3,4)14-50-56(47,48)53-55(45,46)49-13-18-22(52-54(42,43)44)21(38)27(51-18)36-16-35-20-24(30)33-15-34-25(20)36/h5,7-8,15-16,18,21-23,27,38-39H,6,9-14H2,1-4H3,(H,31,37)(H,32,40)(H,45,46)(H,47,48)(H2,30,33,34)(H2,42,43,44)/b7-5+,17-8+/t18-,21-,22-,23+,27-/m1/s1. The Morgan fingerprint density at radius 3 is 2.42 bits per heavy atom. The summed E-state index contributed by atoms with van der Waals surface area (Å²) < 4.78 is 62.1. The maximum atomic E-state index is 12.7. The van der Waals surface area contributed by atoms with Crippen molar-refractivity contribution in [2.24, 2.45) is 5.41 Å². The second kappa shape index (κ2) is 20.8. The molecular formula is C29H46N7O17P3S. The predicted molar refractivity (Wildman–Crippen MR) is 200 cm³/mol. The third-order valence-corrected chi connectivity index (χ3v) is 11.7. The fourth-order valence-corrected chi connectivity index (χ4v) is 8.51. The molecule has 3 rings (SSSR count). The van der Waals surface area contributed by atoms with Crippen LogP contribution in [0.5, 0.6) is 0 Å². The molecule has 28 heteroatoms. The van der Waals surface area contributed by atoms with Gasteiger partial charge in [0.1, 0.15) is 36.3 Å². The maximum Gasteiger partial charge on any atom is 0.481 e. The van der Waals surface area contributed by atoms with Crippen LogP contribution in [0.3, 0.4) is 0 Å². The number of aliphatic hydroxyl groups is 2. The molecule has 1 aliphatic rings. The summed E-state index contributed by atoms with van der Waals surface area (Å²) in [6.07, 6.45) is -1.00. The average Bonchev–Trinajstić information content (AvgIpc) is 3.67. The van der Waals surface area contributed by atoms with Gasteiger partial charge in [0.05, 0.1) is 19.5 Å². The number of ether oxygens (including phenoxy) is 1. The first-order valence-corrected chi connectivity index (χ1v) is 22.4. The van der Waals surface area contributed by atoms with Crippen LogP contribution >= 0.6 is 35.2 Å². The highest BCUT2D eigenvalue weighted by atomic mass is 32.2. The lowest BCUT2D eigenvalue weighted by atomic mass is 9.87. The monoisotopic (exact) mass is 889 g/mol. The molecule has 2 amide bonds. The van der Waals surface area contributed by atoms with Crippen molar-refractivity contribution in [2.75, 3.05) is 37.8 Å². The molecule has 0 bridgehead atoms. The number of amides is 2. The number of allylic oxidation sites excluding steroid dienone is 3. The first-order chi connectivity index (χ1) is 26.5. The molecule has 320 valence electrons. The number of hydrogen-bond acceptors (Lipinski definition) is 18. The van der Waals surface area contributed by atoms with Crippen LogP contribution in [-0.4, -0.2) is 123 Å². The van der Waals surface area contributed by atoms with E-state index in [4.69, 9.17) is 19.5 Å². The number of fused-ring (bicyclic) bond motifs is 1. The van der Waals surface area contributed by atoms with Crippen molar-refractivity contribution < 1.29 is 80.5 Å². The van der Waals surface area contributed by atoms with Crippen molar-refractivity contribution in [1.82, 2.24) is 30.2 Å². The molecule has 0 spiro atoms. The first kappa shape index (κ1) is 48.4. The van der Waals surface area contributed by atoms with E-state index in [9.17, 15) is 57.9 Å². The van der Waals surface area contributed by atoms with E-state index in [0.717, 1.165) is 29.0 Å². The number of nitrogens with two attached hydrogens (primary N) is 1. The quantitative estimate of drug-likeness (QED) is 0.0338. The minimum atomic E-state index is -5.57. The number of imidazole rings is 1. The minimum absolute atomic E-state index is 0.0295. The Labute approximate surface area is 330 Å². The lowest BCUT2D eigenvalue weighted by Crippen LogP contribution is -2.46. The van der Waals surface area contributed by atoms with Crippen molar-refractivity contribution in [3.63, 3.8) is 0 Å². The first-order valence-electron chi connectivity index (χ1n) is 16.9. The fraction of sp³-hybridized carbons (Fsp3) is 0.586. The Morgan fingerprint density at radius 1 is 1.09 bits per heavy atom. The second-order valence-electron chi connectivity index (χ2n) is 12.8. The van der Waals surface area contributed by atoms with Gasteiger partial charge in [-0.05, 0) is 13.3 Å². The molecule has 0 aliphatic carbocycles. The molecule has 1 saturated heterocycles. The zero-order valence-electron chi connectivity index (χ0n) is 31.0. The molecule has 2 aromatic heterocycles. The lowest BCUT2D eigenvalue weighted by molar-refractivity contribution is -0.137. The number of nitrogens with one attached hydrogen (secondary N) is 2. The summed E-state index contributed by atoms with van der Waals surface area (Å²) in [6.45, 7) is 4.15. The van der Waals surface area contributed by atoms with Gasteiger partial charge in [-0.1, -0.05) is 50.8 Å².